The van der Waals surface area contributed by atoms with Crippen molar-refractivity contribution in [2.75, 3.05) is 18.0 Å². The number of nitrogens with two attached hydrogens (primary N) is 1. The second-order valence-corrected chi connectivity index (χ2v) is 6.84. The molecule has 0 aliphatic carbocycles. The van der Waals surface area contributed by atoms with E-state index in [1.54, 1.807) is 23.5 Å². The Morgan fingerprint density at radius 1 is 1.12 bits per heavy atom. The van der Waals surface area contributed by atoms with E-state index >= 15 is 0 Å². The maximum Gasteiger partial charge on any atom is 0.248 e. The van der Waals surface area contributed by atoms with Crippen molar-refractivity contribution in [1.29, 1.82) is 0 Å². The number of anilines is 1. The second-order valence-electron chi connectivity index (χ2n) is 5.83. The topological polar surface area (TPSA) is 59.2 Å². The number of rotatable bonds is 3. The highest BCUT2D eigenvalue weighted by Crippen LogP contribution is 2.31. The average Bonchev–Trinajstić information content (AvgIpc) is 3.06. The van der Waals surface area contributed by atoms with Crippen molar-refractivity contribution in [1.82, 2.24) is 4.98 Å². The van der Waals surface area contributed by atoms with Crippen LogP contribution in [0.2, 0.25) is 0 Å². The maximum atomic E-state index is 11.2. The van der Waals surface area contributed by atoms with Gasteiger partial charge in [0.15, 0.2) is 5.13 Å². The van der Waals surface area contributed by atoms with Crippen LogP contribution in [0.5, 0.6) is 0 Å². The maximum absolute atomic E-state index is 11.2. The fourth-order valence-electron chi connectivity index (χ4n) is 2.95. The summed E-state index contributed by atoms with van der Waals surface area (Å²) < 4.78 is 1.23. The Kier molecular flexibility index (Phi) is 3.78. The first-order valence-corrected chi connectivity index (χ1v) is 8.72. The second kappa shape index (κ2) is 6.09. The standard InChI is InChI=1S/C19H17N3OS/c20-18(23)15-7-5-13(6-8-15)14-9-11-22(12-10-14)19-21-16-3-1-2-4-17(16)24-19/h1-9H,10-12H2,(H2,20,23). The fourth-order valence-corrected chi connectivity index (χ4v) is 3.95. The molecule has 4 nitrogen and oxygen atoms in total. The number of amides is 1. The van der Waals surface area contributed by atoms with Gasteiger partial charge in [0.05, 0.1) is 10.2 Å². The Hall–Kier alpha value is -2.66. The predicted molar refractivity (Wildman–Crippen MR) is 99.4 cm³/mol. The van der Waals surface area contributed by atoms with Crippen LogP contribution < -0.4 is 10.6 Å². The molecule has 0 saturated carbocycles. The number of primary amides is 1. The van der Waals surface area contributed by atoms with Crippen LogP contribution in [-0.2, 0) is 0 Å². The van der Waals surface area contributed by atoms with Crippen LogP contribution in [0.3, 0.4) is 0 Å². The van der Waals surface area contributed by atoms with Crippen LogP contribution in [0.15, 0.2) is 54.6 Å². The van der Waals surface area contributed by atoms with Crippen molar-refractivity contribution in [2.24, 2.45) is 5.73 Å². The van der Waals surface area contributed by atoms with Crippen LogP contribution in [-0.4, -0.2) is 24.0 Å². The fraction of sp³-hybridized carbons (Fsp3) is 0.158. The Morgan fingerprint density at radius 3 is 2.58 bits per heavy atom. The summed E-state index contributed by atoms with van der Waals surface area (Å²) in [6.45, 7) is 1.80. The van der Waals surface area contributed by atoms with Gasteiger partial charge in [-0.1, -0.05) is 41.7 Å². The summed E-state index contributed by atoms with van der Waals surface area (Å²) in [6, 6.07) is 15.8. The van der Waals surface area contributed by atoms with Gasteiger partial charge in [-0.2, -0.15) is 0 Å². The molecule has 2 heterocycles. The zero-order valence-electron chi connectivity index (χ0n) is 13.1. The normalized spacial score (nSPS) is 14.7. The first kappa shape index (κ1) is 14.9. The van der Waals surface area contributed by atoms with E-state index in [2.05, 4.69) is 23.1 Å². The Bertz CT molecular complexity index is 894. The van der Waals surface area contributed by atoms with Gasteiger partial charge in [-0.25, -0.2) is 4.98 Å². The largest absolute Gasteiger partial charge is 0.366 e. The molecule has 0 spiro atoms. The molecule has 0 atom stereocenters. The highest BCUT2D eigenvalue weighted by molar-refractivity contribution is 7.22. The number of aromatic nitrogens is 1. The van der Waals surface area contributed by atoms with E-state index < -0.39 is 0 Å². The van der Waals surface area contributed by atoms with Crippen LogP contribution >= 0.6 is 11.3 Å². The van der Waals surface area contributed by atoms with Gasteiger partial charge in [-0.05, 0) is 41.8 Å². The van der Waals surface area contributed by atoms with Gasteiger partial charge in [0.2, 0.25) is 5.91 Å². The summed E-state index contributed by atoms with van der Waals surface area (Å²) >= 11 is 1.74. The van der Waals surface area contributed by atoms with Crippen LogP contribution in [0, 0.1) is 0 Å². The van der Waals surface area contributed by atoms with Gasteiger partial charge in [0.1, 0.15) is 0 Å². The minimum atomic E-state index is -0.388. The Morgan fingerprint density at radius 2 is 1.92 bits per heavy atom. The molecule has 4 rings (SSSR count). The van der Waals surface area contributed by atoms with Crippen molar-refractivity contribution in [3.63, 3.8) is 0 Å². The molecule has 0 unspecified atom stereocenters. The molecule has 1 aliphatic heterocycles. The smallest absolute Gasteiger partial charge is 0.248 e. The molecule has 3 aromatic rings. The molecular weight excluding hydrogens is 318 g/mol. The molecule has 0 bridgehead atoms. The molecule has 0 saturated heterocycles. The summed E-state index contributed by atoms with van der Waals surface area (Å²) in [5.74, 6) is -0.388. The van der Waals surface area contributed by atoms with E-state index in [0.29, 0.717) is 5.56 Å². The van der Waals surface area contributed by atoms with E-state index in [1.165, 1.54) is 10.3 Å². The van der Waals surface area contributed by atoms with Gasteiger partial charge >= 0.3 is 0 Å². The number of benzene rings is 2. The zero-order valence-corrected chi connectivity index (χ0v) is 13.9. The lowest BCUT2D eigenvalue weighted by Gasteiger charge is -2.26. The lowest BCUT2D eigenvalue weighted by molar-refractivity contribution is 0.100. The minimum Gasteiger partial charge on any atom is -0.366 e. The monoisotopic (exact) mass is 335 g/mol. The highest BCUT2D eigenvalue weighted by atomic mass is 32.1. The van der Waals surface area contributed by atoms with E-state index in [1.807, 2.05) is 24.3 Å². The van der Waals surface area contributed by atoms with Gasteiger partial charge < -0.3 is 10.6 Å². The third kappa shape index (κ3) is 2.78. The van der Waals surface area contributed by atoms with Crippen molar-refractivity contribution in [3.8, 4) is 0 Å². The van der Waals surface area contributed by atoms with Crippen molar-refractivity contribution in [3.05, 3.63) is 65.7 Å². The van der Waals surface area contributed by atoms with E-state index in [4.69, 9.17) is 10.7 Å². The minimum absolute atomic E-state index is 0.388. The molecule has 1 aliphatic rings. The van der Waals surface area contributed by atoms with Gasteiger partial charge in [-0.15, -0.1) is 0 Å². The first-order chi connectivity index (χ1) is 11.7. The molecule has 1 aromatic heterocycles. The number of hydrogen-bond donors (Lipinski definition) is 1. The molecule has 120 valence electrons. The van der Waals surface area contributed by atoms with Crippen molar-refractivity contribution >= 4 is 38.2 Å². The quantitative estimate of drug-likeness (QED) is 0.794. The molecule has 2 N–H and O–H groups in total. The molecule has 0 fully saturated rings. The predicted octanol–water partition coefficient (Wildman–Crippen LogP) is 3.69. The zero-order chi connectivity index (χ0) is 16.5. The SMILES string of the molecule is NC(=O)c1ccc(C2=CCN(c3nc4ccccc4s3)CC2)cc1. The molecule has 2 aromatic carbocycles. The summed E-state index contributed by atoms with van der Waals surface area (Å²) in [4.78, 5) is 18.2. The molecular formula is C19H17N3OS. The third-order valence-electron chi connectivity index (χ3n) is 4.30. The van der Waals surface area contributed by atoms with Crippen molar-refractivity contribution in [2.45, 2.75) is 6.42 Å². The van der Waals surface area contributed by atoms with Gasteiger partial charge in [0, 0.05) is 18.7 Å². The lowest BCUT2D eigenvalue weighted by Crippen LogP contribution is -2.28. The molecule has 1 amide bonds. The van der Waals surface area contributed by atoms with E-state index in [-0.39, 0.29) is 5.91 Å². The van der Waals surface area contributed by atoms with Crippen LogP contribution in [0.25, 0.3) is 15.8 Å². The van der Waals surface area contributed by atoms with E-state index in [0.717, 1.165) is 35.7 Å². The molecule has 5 heteroatoms. The van der Waals surface area contributed by atoms with Crippen molar-refractivity contribution < 1.29 is 4.79 Å². The summed E-state index contributed by atoms with van der Waals surface area (Å²) in [5, 5.41) is 1.08. The number of para-hydroxylation sites is 1. The Balaban J connectivity index is 1.53. The van der Waals surface area contributed by atoms with Gasteiger partial charge in [0.25, 0.3) is 0 Å². The molecule has 0 radical (unpaired) electrons. The summed E-state index contributed by atoms with van der Waals surface area (Å²) in [6.07, 6.45) is 3.21. The third-order valence-corrected chi connectivity index (χ3v) is 5.40. The van der Waals surface area contributed by atoms with Crippen LogP contribution in [0.1, 0.15) is 22.3 Å². The molecule has 24 heavy (non-hydrogen) atoms. The van der Waals surface area contributed by atoms with E-state index in [9.17, 15) is 4.79 Å². The first-order valence-electron chi connectivity index (χ1n) is 7.90. The summed E-state index contributed by atoms with van der Waals surface area (Å²) in [5.41, 5.74) is 9.37. The number of fused-ring (bicyclic) bond motifs is 1. The number of thiazole rings is 1. The number of nitrogens with zero attached hydrogens (tertiary/aromatic N) is 2. The average molecular weight is 335 g/mol. The lowest BCUT2D eigenvalue weighted by atomic mass is 9.98. The number of carbonyl (C=O) groups excluding carboxylic acids is 1. The highest BCUT2D eigenvalue weighted by Gasteiger charge is 2.16. The summed E-state index contributed by atoms with van der Waals surface area (Å²) in [7, 11) is 0. The van der Waals surface area contributed by atoms with Crippen LogP contribution in [0.4, 0.5) is 5.13 Å². The number of hydrogen-bond acceptors (Lipinski definition) is 4. The van der Waals surface area contributed by atoms with Gasteiger partial charge in [-0.3, -0.25) is 4.79 Å². The number of carbonyl (C=O) groups is 1. The Labute approximate surface area is 144 Å².